The number of hydrogen-bond donors (Lipinski definition) is 5. The van der Waals surface area contributed by atoms with E-state index >= 15 is 0 Å². The minimum absolute atomic E-state index is 0.0407. The number of ether oxygens (including phenoxy) is 3. The minimum atomic E-state index is -5.42. The van der Waals surface area contributed by atoms with Gasteiger partial charge in [-0.25, -0.2) is 13.9 Å². The van der Waals surface area contributed by atoms with E-state index in [0.717, 1.165) is 94.2 Å². The Labute approximate surface area is 392 Å². The molecule has 1 aromatic heterocycles. The number of nitrogen functional groups attached to an aromatic ring is 1. The molecule has 1 aromatic rings. The van der Waals surface area contributed by atoms with Gasteiger partial charge in [0.1, 0.15) is 30.7 Å². The summed E-state index contributed by atoms with van der Waals surface area (Å²) in [6.45, 7) is 2.11. The number of nitrogens with zero attached hydrogens (tertiary/aromatic N) is 2. The fourth-order valence-electron chi connectivity index (χ4n) is 7.18. The van der Waals surface area contributed by atoms with Crippen LogP contribution >= 0.6 is 15.6 Å². The monoisotopic (exact) mass is 978 g/mol. The summed E-state index contributed by atoms with van der Waals surface area (Å²) in [5, 5.41) is 20.9. The first-order valence-corrected chi connectivity index (χ1v) is 27.3. The normalized spacial score (nSPS) is 19.8. The highest BCUT2D eigenvalue weighted by Gasteiger charge is 2.46. The summed E-state index contributed by atoms with van der Waals surface area (Å²) >= 11 is 0. The third-order valence-electron chi connectivity index (χ3n) is 11.0. The van der Waals surface area contributed by atoms with Crippen molar-refractivity contribution in [2.24, 2.45) is 0 Å². The second kappa shape index (κ2) is 35.4. The average molecular weight is 978 g/mol. The maximum atomic E-state index is 12.8. The number of allylic oxidation sites excluding steroid dienone is 4. The lowest BCUT2D eigenvalue weighted by Gasteiger charge is -2.21. The fourth-order valence-corrected chi connectivity index (χ4v) is 9.29. The van der Waals surface area contributed by atoms with Gasteiger partial charge in [-0.15, -0.1) is 0 Å². The molecular weight excluding hydrogens is 896 g/mol. The van der Waals surface area contributed by atoms with E-state index in [0.29, 0.717) is 12.8 Å². The number of phosphoric acid groups is 2. The molecule has 2 heterocycles. The summed E-state index contributed by atoms with van der Waals surface area (Å²) in [6, 6.07) is 1.25. The Balaban J connectivity index is 1.82. The van der Waals surface area contributed by atoms with Crippen LogP contribution in [0.15, 0.2) is 41.4 Å². The van der Waals surface area contributed by atoms with Crippen molar-refractivity contribution in [3.8, 4) is 0 Å². The van der Waals surface area contributed by atoms with Crippen molar-refractivity contribution < 1.29 is 66.3 Å². The summed E-state index contributed by atoms with van der Waals surface area (Å²) in [5.74, 6) is -1.31. The van der Waals surface area contributed by atoms with E-state index in [1.54, 1.807) is 0 Å². The van der Waals surface area contributed by atoms with Crippen LogP contribution in [0, 0.1) is 0 Å². The third kappa shape index (κ3) is 27.9. The molecule has 6 N–H and O–H groups in total. The van der Waals surface area contributed by atoms with Gasteiger partial charge < -0.3 is 39.9 Å². The van der Waals surface area contributed by atoms with Gasteiger partial charge in [0.2, 0.25) is 0 Å². The van der Waals surface area contributed by atoms with E-state index in [2.05, 4.69) is 47.4 Å². The smallest absolute Gasteiger partial charge is 0.462 e. The van der Waals surface area contributed by atoms with Crippen molar-refractivity contribution in [2.75, 3.05) is 25.6 Å². The van der Waals surface area contributed by atoms with E-state index in [1.165, 1.54) is 63.9 Å². The number of aliphatic hydroxyl groups is 2. The molecule has 7 atom stereocenters. The molecule has 0 spiro atoms. The molecule has 20 heteroatoms. The molecule has 0 bridgehead atoms. The number of rotatable bonds is 40. The first-order valence-electron chi connectivity index (χ1n) is 24.3. The van der Waals surface area contributed by atoms with Crippen LogP contribution in [0.4, 0.5) is 5.82 Å². The van der Waals surface area contributed by atoms with Gasteiger partial charge in [0.15, 0.2) is 12.3 Å². The third-order valence-corrected chi connectivity index (χ3v) is 13.6. The number of nitrogens with two attached hydrogens (primary N) is 1. The van der Waals surface area contributed by atoms with Gasteiger partial charge in [0, 0.05) is 19.0 Å². The molecule has 0 aliphatic carbocycles. The largest absolute Gasteiger partial charge is 0.481 e. The molecule has 380 valence electrons. The summed E-state index contributed by atoms with van der Waals surface area (Å²) in [7, 11) is -10.8. The quantitative estimate of drug-likeness (QED) is 0.0177. The maximum Gasteiger partial charge on any atom is 0.481 e. The Morgan fingerprint density at radius 1 is 0.712 bits per heavy atom. The first-order chi connectivity index (χ1) is 31.7. The number of aromatic nitrogens is 2. The summed E-state index contributed by atoms with van der Waals surface area (Å²) in [6.07, 6.45) is 28.3. The van der Waals surface area contributed by atoms with Crippen LogP contribution in [0.1, 0.15) is 187 Å². The van der Waals surface area contributed by atoms with E-state index in [4.69, 9.17) is 29.0 Å². The molecule has 0 amide bonds. The van der Waals surface area contributed by atoms with E-state index in [9.17, 15) is 43.5 Å². The van der Waals surface area contributed by atoms with Gasteiger partial charge in [-0.1, -0.05) is 128 Å². The van der Waals surface area contributed by atoms with Crippen LogP contribution in [0.25, 0.3) is 0 Å². The Bertz CT molecular complexity index is 1700. The van der Waals surface area contributed by atoms with Crippen molar-refractivity contribution >= 4 is 33.4 Å². The molecule has 2 rings (SSSR count). The lowest BCUT2D eigenvalue weighted by molar-refractivity contribution is -0.161. The molecule has 1 aliphatic rings. The van der Waals surface area contributed by atoms with Gasteiger partial charge in [-0.3, -0.25) is 23.2 Å². The van der Waals surface area contributed by atoms with E-state index in [1.807, 2.05) is 0 Å². The predicted octanol–water partition coefficient (Wildman–Crippen LogP) is 9.45. The van der Waals surface area contributed by atoms with Crippen LogP contribution in [0.3, 0.4) is 0 Å². The van der Waals surface area contributed by atoms with Gasteiger partial charge in [0.25, 0.3) is 0 Å². The molecule has 18 nitrogen and oxygen atoms in total. The molecule has 1 saturated heterocycles. The molecule has 0 radical (unpaired) electrons. The van der Waals surface area contributed by atoms with Gasteiger partial charge >= 0.3 is 33.3 Å². The minimum Gasteiger partial charge on any atom is -0.462 e. The van der Waals surface area contributed by atoms with E-state index < -0.39 is 83.7 Å². The Hall–Kier alpha value is -2.76. The highest BCUT2D eigenvalue weighted by atomic mass is 31.3. The number of esters is 2. The van der Waals surface area contributed by atoms with Crippen molar-refractivity contribution in [1.82, 2.24) is 9.55 Å². The molecule has 1 fully saturated rings. The predicted molar refractivity (Wildman–Crippen MR) is 252 cm³/mol. The first kappa shape index (κ1) is 59.4. The zero-order chi connectivity index (χ0) is 48.5. The van der Waals surface area contributed by atoms with E-state index in [-0.39, 0.29) is 18.7 Å². The Morgan fingerprint density at radius 2 is 1.18 bits per heavy atom. The lowest BCUT2D eigenvalue weighted by atomic mass is 10.1. The molecule has 2 unspecified atom stereocenters. The van der Waals surface area contributed by atoms with Gasteiger partial charge in [-0.05, 0) is 70.3 Å². The number of carbonyl (C=O) groups is 2. The highest BCUT2D eigenvalue weighted by Crippen LogP contribution is 2.60. The highest BCUT2D eigenvalue weighted by molar-refractivity contribution is 7.61. The van der Waals surface area contributed by atoms with Crippen LogP contribution in [-0.2, 0) is 46.3 Å². The SMILES string of the molecule is CCCCCC/C=C\CCCCCCCCCC(=O)OC[C@H](COP(=O)(O)OP(=O)(O)OC[C@H]1O[C@@H](n2ccc(N)nc2=O)[C@H](O)[C@@H]1O)OC(=O)CCCCCCC/C=C\CCCCCC. The summed E-state index contributed by atoms with van der Waals surface area (Å²) < 4.78 is 56.7. The number of aliphatic hydroxyl groups excluding tert-OH is 2. The number of hydrogen-bond acceptors (Lipinski definition) is 15. The van der Waals surface area contributed by atoms with Crippen molar-refractivity contribution in [1.29, 1.82) is 0 Å². The second-order valence-electron chi connectivity index (χ2n) is 17.0. The standard InChI is InChI=1S/C46H81N3O15P2/c1-3-5-7-9-11-13-15-17-18-20-21-23-25-27-29-31-41(50)59-35-38(62-42(51)32-30-28-26-24-22-19-16-14-12-10-8-6-4-2)36-60-65(55,56)64-66(57,58)61-37-39-43(52)44(53)45(63-39)49-34-33-40(47)48-46(49)54/h13-16,33-34,38-39,43-45,52-53H,3-12,17-32,35-37H2,1-2H3,(H,55,56)(H,57,58)(H2,47,48,54)/b15-13-,16-14-/t38-,39-,43-,44-,45-/m1/s1. The Morgan fingerprint density at radius 3 is 1.70 bits per heavy atom. The molecule has 66 heavy (non-hydrogen) atoms. The van der Waals surface area contributed by atoms with Gasteiger partial charge in [0.05, 0.1) is 13.2 Å². The molecule has 1 aliphatic heterocycles. The zero-order valence-electron chi connectivity index (χ0n) is 39.5. The number of unbranched alkanes of at least 4 members (excludes halogenated alkanes) is 20. The van der Waals surface area contributed by atoms with Crippen LogP contribution in [-0.4, -0.2) is 85.7 Å². The number of phosphoric ester groups is 2. The second-order valence-corrected chi connectivity index (χ2v) is 20.0. The fraction of sp³-hybridized carbons (Fsp3) is 0.783. The summed E-state index contributed by atoms with van der Waals surface area (Å²) in [4.78, 5) is 61.8. The average Bonchev–Trinajstić information content (AvgIpc) is 3.55. The van der Waals surface area contributed by atoms with Crippen LogP contribution in [0.2, 0.25) is 0 Å². The van der Waals surface area contributed by atoms with Crippen LogP contribution in [0.5, 0.6) is 0 Å². The number of carbonyl (C=O) groups excluding carboxylic acids is 2. The van der Waals surface area contributed by atoms with Crippen molar-refractivity contribution in [3.05, 3.63) is 47.1 Å². The summed E-state index contributed by atoms with van der Waals surface area (Å²) in [5.41, 5.74) is 4.58. The molecule has 0 saturated carbocycles. The van der Waals surface area contributed by atoms with Crippen LogP contribution < -0.4 is 11.4 Å². The molecule has 0 aromatic carbocycles. The van der Waals surface area contributed by atoms with Crippen molar-refractivity contribution in [3.63, 3.8) is 0 Å². The van der Waals surface area contributed by atoms with Crippen molar-refractivity contribution in [2.45, 2.75) is 211 Å². The topological polar surface area (TPSA) is 265 Å². The van der Waals surface area contributed by atoms with Gasteiger partial charge in [-0.2, -0.15) is 9.29 Å². The Kier molecular flexibility index (Phi) is 31.8. The maximum absolute atomic E-state index is 12.8. The zero-order valence-corrected chi connectivity index (χ0v) is 41.3. The number of anilines is 1. The molecular formula is C46H81N3O15P2. The lowest BCUT2D eigenvalue weighted by Crippen LogP contribution is -2.36.